The van der Waals surface area contributed by atoms with Crippen molar-refractivity contribution in [1.82, 2.24) is 5.32 Å². The number of nitrogens with one attached hydrogen (secondary N) is 1. The smallest absolute Gasteiger partial charge is 0.327 e. The van der Waals surface area contributed by atoms with Crippen molar-refractivity contribution in [3.63, 3.8) is 0 Å². The lowest BCUT2D eigenvalue weighted by atomic mass is 10.1. The topological polar surface area (TPSA) is 110 Å². The van der Waals surface area contributed by atoms with Crippen molar-refractivity contribution in [3.05, 3.63) is 0 Å². The summed E-state index contributed by atoms with van der Waals surface area (Å²) < 4.78 is 29.6. The van der Waals surface area contributed by atoms with Gasteiger partial charge in [-0.25, -0.2) is 13.2 Å². The van der Waals surface area contributed by atoms with E-state index in [1.165, 1.54) is 0 Å². The first-order valence-corrected chi connectivity index (χ1v) is 8.21. The van der Waals surface area contributed by atoms with E-state index >= 15 is 0 Å². The zero-order valence-corrected chi connectivity index (χ0v) is 12.7. The summed E-state index contributed by atoms with van der Waals surface area (Å²) in [5.41, 5.74) is -0.343. The number of hydrogen-bond acceptors (Lipinski definition) is 5. The Bertz CT molecular complexity index is 484. The minimum Gasteiger partial charge on any atom is -0.480 e. The van der Waals surface area contributed by atoms with Crippen LogP contribution in [-0.2, 0) is 24.2 Å². The molecule has 1 unspecified atom stereocenters. The average Bonchev–Trinajstić information content (AvgIpc) is 2.54. The molecule has 0 aromatic heterocycles. The normalized spacial score (nSPS) is 23.2. The van der Waals surface area contributed by atoms with Crippen molar-refractivity contribution in [2.75, 3.05) is 11.5 Å². The van der Waals surface area contributed by atoms with E-state index in [9.17, 15) is 18.0 Å². The number of rotatable bonds is 6. The molecule has 0 radical (unpaired) electrons. The molecular formula is C12H21NO6S. The summed E-state index contributed by atoms with van der Waals surface area (Å²) >= 11 is 0. The molecule has 1 aliphatic rings. The van der Waals surface area contributed by atoms with Gasteiger partial charge in [-0.3, -0.25) is 4.79 Å². The lowest BCUT2D eigenvalue weighted by molar-refractivity contribution is -0.140. The van der Waals surface area contributed by atoms with Crippen molar-refractivity contribution in [2.24, 2.45) is 0 Å². The first-order valence-electron chi connectivity index (χ1n) is 6.39. The fraction of sp³-hybridized carbons (Fsp3) is 0.833. The van der Waals surface area contributed by atoms with Crippen molar-refractivity contribution in [3.8, 4) is 0 Å². The average molecular weight is 307 g/mol. The molecule has 116 valence electrons. The van der Waals surface area contributed by atoms with E-state index in [-0.39, 0.29) is 11.4 Å². The number of carboxylic acids is 1. The van der Waals surface area contributed by atoms with Crippen LogP contribution in [0.1, 0.15) is 33.6 Å². The number of aliphatic carboxylic acids is 1. The van der Waals surface area contributed by atoms with Crippen LogP contribution in [0.15, 0.2) is 0 Å². The Labute approximate surface area is 118 Å². The molecule has 1 heterocycles. The van der Waals surface area contributed by atoms with Crippen LogP contribution in [0.3, 0.4) is 0 Å². The molecule has 0 spiro atoms. The molecule has 1 amide bonds. The molecule has 20 heavy (non-hydrogen) atoms. The van der Waals surface area contributed by atoms with Crippen LogP contribution in [0.4, 0.5) is 0 Å². The van der Waals surface area contributed by atoms with E-state index in [0.29, 0.717) is 6.42 Å². The summed E-state index contributed by atoms with van der Waals surface area (Å²) in [7, 11) is -3.63. The van der Waals surface area contributed by atoms with Gasteiger partial charge >= 0.3 is 5.97 Å². The fourth-order valence-electron chi connectivity index (χ4n) is 2.22. The monoisotopic (exact) mass is 307 g/mol. The van der Waals surface area contributed by atoms with E-state index in [1.54, 1.807) is 0 Å². The lowest BCUT2D eigenvalue weighted by Gasteiger charge is -2.20. The Balaban J connectivity index is 2.64. The molecule has 7 nitrogen and oxygen atoms in total. The molecule has 1 rings (SSSR count). The highest BCUT2D eigenvalue weighted by Crippen LogP contribution is 2.30. The SMILES string of the molecule is CC(=O)N[C@@H](CS(=O)(=O)CC1CCC(C)(C)O1)C(=O)O. The second-order valence-corrected chi connectivity index (χ2v) is 7.86. The number of hydrogen-bond donors (Lipinski definition) is 2. The third kappa shape index (κ3) is 5.46. The molecule has 0 aromatic rings. The number of carbonyl (C=O) groups excluding carboxylic acids is 1. The maximum atomic E-state index is 12.0. The fourth-order valence-corrected chi connectivity index (χ4v) is 3.89. The summed E-state index contributed by atoms with van der Waals surface area (Å²) in [6.45, 7) is 4.92. The highest BCUT2D eigenvalue weighted by molar-refractivity contribution is 7.91. The molecule has 1 aliphatic heterocycles. The zero-order chi connectivity index (χ0) is 15.6. The molecule has 0 aliphatic carbocycles. The molecule has 0 aromatic carbocycles. The van der Waals surface area contributed by atoms with Gasteiger partial charge in [0.15, 0.2) is 9.84 Å². The molecule has 8 heteroatoms. The summed E-state index contributed by atoms with van der Waals surface area (Å²) in [6, 6.07) is -1.42. The predicted octanol–water partition coefficient (Wildman–Crippen LogP) is -0.0519. The Morgan fingerprint density at radius 1 is 1.45 bits per heavy atom. The van der Waals surface area contributed by atoms with Crippen molar-refractivity contribution in [2.45, 2.75) is 51.4 Å². The van der Waals surface area contributed by atoms with Crippen molar-refractivity contribution in [1.29, 1.82) is 0 Å². The van der Waals surface area contributed by atoms with Crippen LogP contribution < -0.4 is 5.32 Å². The quantitative estimate of drug-likeness (QED) is 0.712. The number of carbonyl (C=O) groups is 2. The first kappa shape index (κ1) is 16.9. The summed E-state index contributed by atoms with van der Waals surface area (Å²) in [6.07, 6.45) is 0.979. The van der Waals surface area contributed by atoms with Gasteiger partial charge in [0.1, 0.15) is 6.04 Å². The number of carboxylic acid groups (broad SMARTS) is 1. The Kier molecular flexibility index (Phi) is 5.15. The third-order valence-electron chi connectivity index (χ3n) is 3.09. The number of ether oxygens (including phenoxy) is 1. The number of sulfone groups is 1. The molecule has 1 saturated heterocycles. The third-order valence-corrected chi connectivity index (χ3v) is 4.81. The maximum absolute atomic E-state index is 12.0. The van der Waals surface area contributed by atoms with Crippen LogP contribution in [0, 0.1) is 0 Å². The minimum absolute atomic E-state index is 0.222. The van der Waals surface area contributed by atoms with Gasteiger partial charge in [0.05, 0.1) is 23.2 Å². The van der Waals surface area contributed by atoms with Gasteiger partial charge in [0, 0.05) is 6.92 Å². The van der Waals surface area contributed by atoms with E-state index < -0.39 is 39.6 Å². The van der Waals surface area contributed by atoms with E-state index in [0.717, 1.165) is 13.3 Å². The van der Waals surface area contributed by atoms with Gasteiger partial charge in [0.25, 0.3) is 0 Å². The summed E-state index contributed by atoms with van der Waals surface area (Å²) in [4.78, 5) is 21.8. The highest BCUT2D eigenvalue weighted by atomic mass is 32.2. The molecule has 2 N–H and O–H groups in total. The standard InChI is InChI=1S/C12H21NO6S/c1-8(14)13-10(11(15)16)7-20(17,18)6-9-4-5-12(2,3)19-9/h9-10H,4-7H2,1-3H3,(H,13,14)(H,15,16)/t9?,10-/m0/s1. The van der Waals surface area contributed by atoms with Gasteiger partial charge in [0.2, 0.25) is 5.91 Å². The Morgan fingerprint density at radius 3 is 2.45 bits per heavy atom. The zero-order valence-electron chi connectivity index (χ0n) is 11.9. The van der Waals surface area contributed by atoms with Gasteiger partial charge in [-0.05, 0) is 26.7 Å². The second kappa shape index (κ2) is 6.09. The van der Waals surface area contributed by atoms with Crippen LogP contribution in [0.2, 0.25) is 0 Å². The largest absolute Gasteiger partial charge is 0.480 e. The van der Waals surface area contributed by atoms with Crippen molar-refractivity contribution >= 4 is 21.7 Å². The molecule has 2 atom stereocenters. The van der Waals surface area contributed by atoms with E-state index in [1.807, 2.05) is 13.8 Å². The van der Waals surface area contributed by atoms with E-state index in [4.69, 9.17) is 9.84 Å². The summed E-state index contributed by atoms with van der Waals surface area (Å²) in [5.74, 6) is -2.79. The number of amides is 1. The van der Waals surface area contributed by atoms with Crippen LogP contribution in [0.25, 0.3) is 0 Å². The highest BCUT2D eigenvalue weighted by Gasteiger charge is 2.35. The van der Waals surface area contributed by atoms with Crippen molar-refractivity contribution < 1.29 is 27.9 Å². The Hall–Kier alpha value is -1.15. The van der Waals surface area contributed by atoms with Gasteiger partial charge in [-0.15, -0.1) is 0 Å². The van der Waals surface area contributed by atoms with Gasteiger partial charge in [-0.1, -0.05) is 0 Å². The maximum Gasteiger partial charge on any atom is 0.327 e. The second-order valence-electron chi connectivity index (χ2n) is 5.71. The van der Waals surface area contributed by atoms with Gasteiger partial charge in [-0.2, -0.15) is 0 Å². The van der Waals surface area contributed by atoms with Crippen LogP contribution in [0.5, 0.6) is 0 Å². The molecular weight excluding hydrogens is 286 g/mol. The van der Waals surface area contributed by atoms with Crippen LogP contribution in [-0.4, -0.2) is 54.7 Å². The van der Waals surface area contributed by atoms with Gasteiger partial charge < -0.3 is 15.2 Å². The molecule has 0 bridgehead atoms. The summed E-state index contributed by atoms with van der Waals surface area (Å²) in [5, 5.41) is 11.0. The van der Waals surface area contributed by atoms with Crippen LogP contribution >= 0.6 is 0 Å². The lowest BCUT2D eigenvalue weighted by Crippen LogP contribution is -2.45. The minimum atomic E-state index is -3.63. The molecule has 0 saturated carbocycles. The van der Waals surface area contributed by atoms with E-state index in [2.05, 4.69) is 5.32 Å². The molecule has 1 fully saturated rings. The first-order chi connectivity index (χ1) is 9.01. The predicted molar refractivity (Wildman–Crippen MR) is 72.1 cm³/mol. The Morgan fingerprint density at radius 2 is 2.05 bits per heavy atom.